The lowest BCUT2D eigenvalue weighted by atomic mass is 10.2. The second-order valence-corrected chi connectivity index (χ2v) is 9.40. The van der Waals surface area contributed by atoms with Crippen LogP contribution in [0.15, 0.2) is 78.9 Å². The van der Waals surface area contributed by atoms with Gasteiger partial charge in [-0.3, -0.25) is 14.5 Å². The van der Waals surface area contributed by atoms with E-state index in [0.717, 1.165) is 38.3 Å². The number of hydrogen-bond acceptors (Lipinski definition) is 6. The van der Waals surface area contributed by atoms with Crippen LogP contribution >= 0.6 is 0 Å². The zero-order valence-electron chi connectivity index (χ0n) is 22.1. The predicted molar refractivity (Wildman–Crippen MR) is 148 cm³/mol. The summed E-state index contributed by atoms with van der Waals surface area (Å²) in [6.45, 7) is 7.20. The SMILES string of the molecule is CCN1CCN(CC(=O)N[C@@H](COCc2ccccc2)C(=O)Nc2ccc(Oc3ccc(F)cc3)cc2)CC1. The summed E-state index contributed by atoms with van der Waals surface area (Å²) in [7, 11) is 0. The molecule has 9 heteroatoms. The van der Waals surface area contributed by atoms with Crippen molar-refractivity contribution in [2.24, 2.45) is 0 Å². The van der Waals surface area contributed by atoms with Gasteiger partial charge in [-0.1, -0.05) is 37.3 Å². The van der Waals surface area contributed by atoms with E-state index in [1.54, 1.807) is 24.3 Å². The van der Waals surface area contributed by atoms with Gasteiger partial charge >= 0.3 is 0 Å². The molecule has 3 aromatic rings. The summed E-state index contributed by atoms with van der Waals surface area (Å²) >= 11 is 0. The van der Waals surface area contributed by atoms with E-state index in [1.807, 2.05) is 30.3 Å². The Balaban J connectivity index is 1.34. The third kappa shape index (κ3) is 9.17. The number of likely N-dealkylation sites (N-methyl/N-ethyl adjacent to an activating group) is 1. The second-order valence-electron chi connectivity index (χ2n) is 9.40. The van der Waals surface area contributed by atoms with Gasteiger partial charge in [-0.2, -0.15) is 0 Å². The van der Waals surface area contributed by atoms with Gasteiger partial charge in [0.25, 0.3) is 0 Å². The van der Waals surface area contributed by atoms with Gasteiger partial charge in [0.05, 0.1) is 19.8 Å². The number of rotatable bonds is 12. The maximum Gasteiger partial charge on any atom is 0.249 e. The van der Waals surface area contributed by atoms with E-state index in [9.17, 15) is 14.0 Å². The van der Waals surface area contributed by atoms with Gasteiger partial charge in [-0.15, -0.1) is 0 Å². The topological polar surface area (TPSA) is 83.1 Å². The Morgan fingerprint density at radius 1 is 0.872 bits per heavy atom. The Bertz CT molecular complexity index is 1180. The maximum atomic E-state index is 13.2. The quantitative estimate of drug-likeness (QED) is 0.367. The van der Waals surface area contributed by atoms with E-state index >= 15 is 0 Å². The summed E-state index contributed by atoms with van der Waals surface area (Å²) in [6.07, 6.45) is 0. The van der Waals surface area contributed by atoms with Gasteiger partial charge in [0.2, 0.25) is 11.8 Å². The average molecular weight is 535 g/mol. The molecule has 0 radical (unpaired) electrons. The Morgan fingerprint density at radius 2 is 1.49 bits per heavy atom. The van der Waals surface area contributed by atoms with Crippen molar-refractivity contribution in [1.29, 1.82) is 0 Å². The molecule has 3 aromatic carbocycles. The Labute approximate surface area is 228 Å². The number of hydrogen-bond donors (Lipinski definition) is 2. The first-order valence-electron chi connectivity index (χ1n) is 13.2. The molecule has 206 valence electrons. The van der Waals surface area contributed by atoms with E-state index in [2.05, 4.69) is 27.4 Å². The van der Waals surface area contributed by atoms with Crippen molar-refractivity contribution in [2.45, 2.75) is 19.6 Å². The number of carbonyl (C=O) groups is 2. The molecular weight excluding hydrogens is 499 g/mol. The molecule has 1 heterocycles. The third-order valence-corrected chi connectivity index (χ3v) is 6.50. The highest BCUT2D eigenvalue weighted by Crippen LogP contribution is 2.23. The standard InChI is InChI=1S/C30H35FN4O4/c1-2-34-16-18-35(19-17-34)20-29(36)33-28(22-38-21-23-6-4-3-5-7-23)30(37)32-25-10-14-27(15-11-25)39-26-12-8-24(31)9-13-26/h3-15,28H,2,16-22H2,1H3,(H,32,37)(H,33,36)/t28-/m0/s1. The fourth-order valence-electron chi connectivity index (χ4n) is 4.23. The van der Waals surface area contributed by atoms with Crippen LogP contribution in [0.5, 0.6) is 11.5 Å². The highest BCUT2D eigenvalue weighted by molar-refractivity contribution is 5.97. The van der Waals surface area contributed by atoms with Crippen molar-refractivity contribution in [3.05, 3.63) is 90.2 Å². The Kier molecular flexibility index (Phi) is 10.4. The summed E-state index contributed by atoms with van der Waals surface area (Å²) in [6, 6.07) is 21.3. The van der Waals surface area contributed by atoms with Crippen LogP contribution in [0.3, 0.4) is 0 Å². The molecule has 0 unspecified atom stereocenters. The second kappa shape index (κ2) is 14.4. The molecule has 2 N–H and O–H groups in total. The van der Waals surface area contributed by atoms with Crippen molar-refractivity contribution in [3.8, 4) is 11.5 Å². The Morgan fingerprint density at radius 3 is 2.13 bits per heavy atom. The van der Waals surface area contributed by atoms with E-state index in [4.69, 9.17) is 9.47 Å². The minimum atomic E-state index is -0.867. The van der Waals surface area contributed by atoms with Crippen LogP contribution in [0.4, 0.5) is 10.1 Å². The van der Waals surface area contributed by atoms with Gasteiger partial charge in [0.15, 0.2) is 0 Å². The monoisotopic (exact) mass is 534 g/mol. The lowest BCUT2D eigenvalue weighted by molar-refractivity contribution is -0.129. The summed E-state index contributed by atoms with van der Waals surface area (Å²) < 4.78 is 24.6. The summed E-state index contributed by atoms with van der Waals surface area (Å²) in [5.41, 5.74) is 1.53. The van der Waals surface area contributed by atoms with Crippen molar-refractivity contribution >= 4 is 17.5 Å². The first kappa shape index (κ1) is 28.2. The summed E-state index contributed by atoms with van der Waals surface area (Å²) in [5, 5.41) is 5.71. The number of piperazine rings is 1. The number of nitrogens with one attached hydrogen (secondary N) is 2. The Hall–Kier alpha value is -3.79. The van der Waals surface area contributed by atoms with Crippen molar-refractivity contribution in [2.75, 3.05) is 51.2 Å². The minimum absolute atomic E-state index is 0.0296. The number of amides is 2. The van der Waals surface area contributed by atoms with E-state index in [1.165, 1.54) is 24.3 Å². The molecule has 1 aliphatic heterocycles. The molecular formula is C30H35FN4O4. The lowest BCUT2D eigenvalue weighted by Gasteiger charge is -2.33. The van der Waals surface area contributed by atoms with Crippen LogP contribution in [0.2, 0.25) is 0 Å². The summed E-state index contributed by atoms with van der Waals surface area (Å²) in [4.78, 5) is 30.5. The van der Waals surface area contributed by atoms with Crippen LogP contribution in [-0.4, -0.2) is 73.5 Å². The molecule has 1 aliphatic rings. The molecule has 0 bridgehead atoms. The average Bonchev–Trinajstić information content (AvgIpc) is 2.95. The van der Waals surface area contributed by atoms with Crippen LogP contribution in [0, 0.1) is 5.82 Å². The molecule has 1 atom stereocenters. The number of nitrogens with zero attached hydrogens (tertiary/aromatic N) is 2. The molecule has 1 fully saturated rings. The molecule has 8 nitrogen and oxygen atoms in total. The third-order valence-electron chi connectivity index (χ3n) is 6.50. The largest absolute Gasteiger partial charge is 0.457 e. The lowest BCUT2D eigenvalue weighted by Crippen LogP contribution is -2.53. The van der Waals surface area contributed by atoms with E-state index < -0.39 is 6.04 Å². The van der Waals surface area contributed by atoms with E-state index in [0.29, 0.717) is 23.8 Å². The molecule has 0 spiro atoms. The molecule has 39 heavy (non-hydrogen) atoms. The molecule has 1 saturated heterocycles. The zero-order valence-corrected chi connectivity index (χ0v) is 22.1. The molecule has 2 amide bonds. The van der Waals surface area contributed by atoms with Crippen molar-refractivity contribution in [1.82, 2.24) is 15.1 Å². The van der Waals surface area contributed by atoms with Crippen molar-refractivity contribution in [3.63, 3.8) is 0 Å². The fraction of sp³-hybridized carbons (Fsp3) is 0.333. The maximum absolute atomic E-state index is 13.2. The molecule has 0 saturated carbocycles. The van der Waals surface area contributed by atoms with Crippen molar-refractivity contribution < 1.29 is 23.5 Å². The smallest absolute Gasteiger partial charge is 0.249 e. The first-order chi connectivity index (χ1) is 19.0. The van der Waals surface area contributed by atoms with Crippen LogP contribution in [-0.2, 0) is 20.9 Å². The van der Waals surface area contributed by atoms with Gasteiger partial charge in [0, 0.05) is 31.9 Å². The molecule has 4 rings (SSSR count). The van der Waals surface area contributed by atoms with E-state index in [-0.39, 0.29) is 30.8 Å². The van der Waals surface area contributed by atoms with Crippen LogP contribution in [0.25, 0.3) is 0 Å². The molecule has 0 aromatic heterocycles. The predicted octanol–water partition coefficient (Wildman–Crippen LogP) is 3.90. The highest BCUT2D eigenvalue weighted by Gasteiger charge is 2.24. The van der Waals surface area contributed by atoms with Crippen LogP contribution < -0.4 is 15.4 Å². The number of halogens is 1. The highest BCUT2D eigenvalue weighted by atomic mass is 19.1. The normalized spacial score (nSPS) is 14.9. The van der Waals surface area contributed by atoms with Gasteiger partial charge < -0.3 is 25.0 Å². The van der Waals surface area contributed by atoms with Gasteiger partial charge in [0.1, 0.15) is 23.4 Å². The number of anilines is 1. The fourth-order valence-corrected chi connectivity index (χ4v) is 4.23. The number of carbonyl (C=O) groups excluding carboxylic acids is 2. The molecule has 0 aliphatic carbocycles. The van der Waals surface area contributed by atoms with Crippen LogP contribution in [0.1, 0.15) is 12.5 Å². The van der Waals surface area contributed by atoms with Gasteiger partial charge in [-0.05, 0) is 60.6 Å². The van der Waals surface area contributed by atoms with Gasteiger partial charge in [-0.25, -0.2) is 4.39 Å². The summed E-state index contributed by atoms with van der Waals surface area (Å²) in [5.74, 6) is 0.112. The number of ether oxygens (including phenoxy) is 2. The zero-order chi connectivity index (χ0) is 27.5. The number of benzene rings is 3. The minimum Gasteiger partial charge on any atom is -0.457 e. The first-order valence-corrected chi connectivity index (χ1v) is 13.2.